The van der Waals surface area contributed by atoms with E-state index in [2.05, 4.69) is 5.10 Å². The largest absolute Gasteiger partial charge is 0.493 e. The summed E-state index contributed by atoms with van der Waals surface area (Å²) in [5.41, 5.74) is 9.78. The molecule has 0 atom stereocenters. The molecule has 0 saturated heterocycles. The van der Waals surface area contributed by atoms with Crippen LogP contribution >= 0.6 is 0 Å². The Hall–Kier alpha value is -2.01. The normalized spacial score (nSPS) is 10.6. The minimum atomic E-state index is 0.475. The number of hydrogen-bond donors (Lipinski definition) is 1. The van der Waals surface area contributed by atoms with Gasteiger partial charge in [0.05, 0.1) is 25.6 Å². The van der Waals surface area contributed by atoms with Crippen molar-refractivity contribution in [3.63, 3.8) is 0 Å². The molecule has 0 radical (unpaired) electrons. The molecule has 1 aromatic heterocycles. The highest BCUT2D eigenvalue weighted by atomic mass is 16.5. The number of rotatable bonds is 4. The van der Waals surface area contributed by atoms with Crippen molar-refractivity contribution >= 4 is 0 Å². The molecule has 0 unspecified atom stereocenters. The zero-order valence-electron chi connectivity index (χ0n) is 11.7. The van der Waals surface area contributed by atoms with Crippen LogP contribution in [0.15, 0.2) is 18.2 Å². The van der Waals surface area contributed by atoms with E-state index < -0.39 is 0 Å². The number of methoxy groups -OCH3 is 2. The molecule has 0 fully saturated rings. The van der Waals surface area contributed by atoms with E-state index in [4.69, 9.17) is 15.2 Å². The molecule has 5 nitrogen and oxygen atoms in total. The van der Waals surface area contributed by atoms with E-state index in [1.165, 1.54) is 0 Å². The Kier molecular flexibility index (Phi) is 3.76. The van der Waals surface area contributed by atoms with Crippen LogP contribution in [0.1, 0.15) is 11.3 Å². The number of aromatic nitrogens is 2. The molecule has 0 aliphatic carbocycles. The highest BCUT2D eigenvalue weighted by Gasteiger charge is 2.14. The monoisotopic (exact) mass is 261 g/mol. The predicted octanol–water partition coefficient (Wildman–Crippen LogP) is 1.87. The van der Waals surface area contributed by atoms with Crippen LogP contribution in [0.25, 0.3) is 11.3 Å². The summed E-state index contributed by atoms with van der Waals surface area (Å²) in [5.74, 6) is 1.40. The molecule has 2 rings (SSSR count). The van der Waals surface area contributed by atoms with Crippen molar-refractivity contribution in [2.45, 2.75) is 13.5 Å². The first-order valence-electron chi connectivity index (χ1n) is 6.07. The summed E-state index contributed by atoms with van der Waals surface area (Å²) in [7, 11) is 5.15. The standard InChI is InChI=1S/C14H19N3O2/c1-9-11(8-15)17(2)16-14(9)10-5-6-12(18-3)13(7-10)19-4/h5-7H,8,15H2,1-4H3. The van der Waals surface area contributed by atoms with Crippen LogP contribution in [0.3, 0.4) is 0 Å². The summed E-state index contributed by atoms with van der Waals surface area (Å²) in [6.07, 6.45) is 0. The van der Waals surface area contributed by atoms with Gasteiger partial charge in [-0.05, 0) is 30.7 Å². The van der Waals surface area contributed by atoms with Gasteiger partial charge in [-0.15, -0.1) is 0 Å². The quantitative estimate of drug-likeness (QED) is 0.912. The molecule has 0 aliphatic rings. The number of benzene rings is 1. The van der Waals surface area contributed by atoms with Gasteiger partial charge in [-0.3, -0.25) is 4.68 Å². The Labute approximate surface area is 112 Å². The Morgan fingerprint density at radius 1 is 1.21 bits per heavy atom. The maximum atomic E-state index is 5.74. The molecule has 0 saturated carbocycles. The second-order valence-electron chi connectivity index (χ2n) is 4.32. The minimum Gasteiger partial charge on any atom is -0.493 e. The second kappa shape index (κ2) is 5.32. The first-order chi connectivity index (χ1) is 9.12. The topological polar surface area (TPSA) is 62.3 Å². The van der Waals surface area contributed by atoms with E-state index in [1.54, 1.807) is 14.2 Å². The highest BCUT2D eigenvalue weighted by molar-refractivity contribution is 5.67. The molecule has 19 heavy (non-hydrogen) atoms. The number of nitrogens with zero attached hydrogens (tertiary/aromatic N) is 2. The lowest BCUT2D eigenvalue weighted by Gasteiger charge is -2.08. The highest BCUT2D eigenvalue weighted by Crippen LogP contribution is 2.33. The molecular formula is C14H19N3O2. The van der Waals surface area contributed by atoms with Gasteiger partial charge in [0.25, 0.3) is 0 Å². The van der Waals surface area contributed by atoms with Crippen LogP contribution in [0.4, 0.5) is 0 Å². The van der Waals surface area contributed by atoms with Crippen molar-refractivity contribution in [1.82, 2.24) is 9.78 Å². The van der Waals surface area contributed by atoms with E-state index in [-0.39, 0.29) is 0 Å². The fourth-order valence-corrected chi connectivity index (χ4v) is 2.21. The van der Waals surface area contributed by atoms with Crippen LogP contribution in [0.2, 0.25) is 0 Å². The summed E-state index contributed by atoms with van der Waals surface area (Å²) in [6, 6.07) is 5.77. The molecule has 102 valence electrons. The van der Waals surface area contributed by atoms with Crippen LogP contribution < -0.4 is 15.2 Å². The average molecular weight is 261 g/mol. The van der Waals surface area contributed by atoms with Gasteiger partial charge in [-0.2, -0.15) is 5.10 Å². The number of nitrogens with two attached hydrogens (primary N) is 1. The number of aryl methyl sites for hydroxylation is 1. The van der Waals surface area contributed by atoms with Crippen molar-refractivity contribution in [1.29, 1.82) is 0 Å². The molecule has 0 bridgehead atoms. The maximum absolute atomic E-state index is 5.74. The number of hydrogen-bond acceptors (Lipinski definition) is 4. The zero-order chi connectivity index (χ0) is 14.0. The molecule has 0 aliphatic heterocycles. The molecule has 0 amide bonds. The molecule has 2 N–H and O–H groups in total. The summed E-state index contributed by atoms with van der Waals surface area (Å²) in [6.45, 7) is 2.50. The van der Waals surface area contributed by atoms with E-state index in [0.717, 1.165) is 22.5 Å². The van der Waals surface area contributed by atoms with Crippen molar-refractivity contribution in [3.8, 4) is 22.8 Å². The van der Waals surface area contributed by atoms with E-state index >= 15 is 0 Å². The van der Waals surface area contributed by atoms with Crippen molar-refractivity contribution < 1.29 is 9.47 Å². The SMILES string of the molecule is COc1ccc(-c2nn(C)c(CN)c2C)cc1OC. The third kappa shape index (κ3) is 2.29. The van der Waals surface area contributed by atoms with E-state index in [9.17, 15) is 0 Å². The Bertz CT molecular complexity index is 591. The van der Waals surface area contributed by atoms with E-state index in [1.807, 2.05) is 36.9 Å². The lowest BCUT2D eigenvalue weighted by Crippen LogP contribution is -2.05. The molecule has 1 heterocycles. The third-order valence-corrected chi connectivity index (χ3v) is 3.28. The smallest absolute Gasteiger partial charge is 0.161 e. The van der Waals surface area contributed by atoms with Gasteiger partial charge >= 0.3 is 0 Å². The van der Waals surface area contributed by atoms with Crippen LogP contribution in [0, 0.1) is 6.92 Å². The van der Waals surface area contributed by atoms with Crippen molar-refractivity contribution in [3.05, 3.63) is 29.5 Å². The summed E-state index contributed by atoms with van der Waals surface area (Å²) in [4.78, 5) is 0. The number of ether oxygens (including phenoxy) is 2. The second-order valence-corrected chi connectivity index (χ2v) is 4.32. The molecule has 1 aromatic carbocycles. The molecular weight excluding hydrogens is 242 g/mol. The van der Waals surface area contributed by atoms with Crippen molar-refractivity contribution in [2.24, 2.45) is 12.8 Å². The van der Waals surface area contributed by atoms with Gasteiger partial charge in [0, 0.05) is 19.2 Å². The van der Waals surface area contributed by atoms with Crippen LogP contribution in [-0.4, -0.2) is 24.0 Å². The van der Waals surface area contributed by atoms with Gasteiger partial charge < -0.3 is 15.2 Å². The minimum absolute atomic E-state index is 0.475. The van der Waals surface area contributed by atoms with Gasteiger partial charge in [0.1, 0.15) is 0 Å². The van der Waals surface area contributed by atoms with Gasteiger partial charge in [-0.25, -0.2) is 0 Å². The third-order valence-electron chi connectivity index (χ3n) is 3.28. The van der Waals surface area contributed by atoms with Crippen LogP contribution in [0.5, 0.6) is 11.5 Å². The van der Waals surface area contributed by atoms with Gasteiger partial charge in [0.2, 0.25) is 0 Å². The first kappa shape index (κ1) is 13.4. The fraction of sp³-hybridized carbons (Fsp3) is 0.357. The Morgan fingerprint density at radius 3 is 2.42 bits per heavy atom. The zero-order valence-corrected chi connectivity index (χ0v) is 11.7. The Balaban J connectivity index is 2.53. The van der Waals surface area contributed by atoms with Gasteiger partial charge in [0.15, 0.2) is 11.5 Å². The fourth-order valence-electron chi connectivity index (χ4n) is 2.21. The molecule has 0 spiro atoms. The summed E-state index contributed by atoms with van der Waals surface area (Å²) in [5, 5.41) is 4.52. The molecule has 5 heteroatoms. The average Bonchev–Trinajstić information content (AvgIpc) is 2.72. The predicted molar refractivity (Wildman–Crippen MR) is 74.4 cm³/mol. The van der Waals surface area contributed by atoms with Crippen molar-refractivity contribution in [2.75, 3.05) is 14.2 Å². The lowest BCUT2D eigenvalue weighted by atomic mass is 10.1. The lowest BCUT2D eigenvalue weighted by molar-refractivity contribution is 0.355. The molecule has 2 aromatic rings. The first-order valence-corrected chi connectivity index (χ1v) is 6.07. The maximum Gasteiger partial charge on any atom is 0.161 e. The van der Waals surface area contributed by atoms with E-state index in [0.29, 0.717) is 18.0 Å². The van der Waals surface area contributed by atoms with Crippen LogP contribution in [-0.2, 0) is 13.6 Å². The summed E-state index contributed by atoms with van der Waals surface area (Å²) < 4.78 is 12.4. The van der Waals surface area contributed by atoms with Gasteiger partial charge in [-0.1, -0.05) is 0 Å². The summed E-state index contributed by atoms with van der Waals surface area (Å²) >= 11 is 0. The Morgan fingerprint density at radius 2 is 1.89 bits per heavy atom.